The summed E-state index contributed by atoms with van der Waals surface area (Å²) in [5, 5.41) is 0. The van der Waals surface area contributed by atoms with Gasteiger partial charge in [-0.3, -0.25) is 0 Å². The minimum atomic E-state index is -3.56. The lowest BCUT2D eigenvalue weighted by molar-refractivity contribution is 0.209. The van der Waals surface area contributed by atoms with E-state index in [0.717, 1.165) is 30.4 Å². The van der Waals surface area contributed by atoms with E-state index in [1.807, 2.05) is 37.3 Å². The van der Waals surface area contributed by atoms with E-state index >= 15 is 0 Å². The molecule has 1 heterocycles. The highest BCUT2D eigenvalue weighted by molar-refractivity contribution is 14.1. The van der Waals surface area contributed by atoms with Crippen molar-refractivity contribution < 1.29 is 8.42 Å². The highest BCUT2D eigenvalue weighted by atomic mass is 127. The molecule has 1 aliphatic carbocycles. The van der Waals surface area contributed by atoms with Gasteiger partial charge in [0.1, 0.15) is 0 Å². The molecule has 1 spiro atoms. The van der Waals surface area contributed by atoms with Gasteiger partial charge in [-0.2, -0.15) is 4.31 Å². The Morgan fingerprint density at radius 3 is 2.29 bits per heavy atom. The normalized spacial score (nSPS) is 25.5. The fourth-order valence-electron chi connectivity index (χ4n) is 5.05. The molecule has 1 unspecified atom stereocenters. The van der Waals surface area contributed by atoms with Crippen molar-refractivity contribution in [2.75, 3.05) is 13.1 Å². The Morgan fingerprint density at radius 2 is 1.61 bits per heavy atom. The highest BCUT2D eigenvalue weighted by Gasteiger charge is 2.49. The van der Waals surface area contributed by atoms with Crippen LogP contribution in [0.1, 0.15) is 44.2 Å². The Labute approximate surface area is 200 Å². The number of sulfonamides is 1. The molecule has 0 bridgehead atoms. The summed E-state index contributed by atoms with van der Waals surface area (Å²) in [5.41, 5.74) is 3.43. The molecule has 0 N–H and O–H groups in total. The third kappa shape index (κ3) is 4.55. The van der Waals surface area contributed by atoms with Gasteiger partial charge in [-0.25, -0.2) is 8.42 Å². The molecular formula is C26H30INO2S. The van der Waals surface area contributed by atoms with Crippen molar-refractivity contribution in [2.24, 2.45) is 10.8 Å². The largest absolute Gasteiger partial charge is 0.243 e. The second-order valence-electron chi connectivity index (χ2n) is 9.75. The van der Waals surface area contributed by atoms with Gasteiger partial charge in [-0.05, 0) is 77.5 Å². The van der Waals surface area contributed by atoms with Crippen molar-refractivity contribution in [3.8, 4) is 0 Å². The fourth-order valence-corrected chi connectivity index (χ4v) is 7.64. The molecule has 1 fully saturated rings. The van der Waals surface area contributed by atoms with Crippen LogP contribution in [0.25, 0.3) is 3.58 Å². The van der Waals surface area contributed by atoms with Gasteiger partial charge in [-0.1, -0.05) is 74.0 Å². The average Bonchev–Trinajstić information content (AvgIpc) is 3.02. The van der Waals surface area contributed by atoms with E-state index in [4.69, 9.17) is 0 Å². The van der Waals surface area contributed by atoms with Crippen LogP contribution < -0.4 is 0 Å². The first kappa shape index (κ1) is 22.7. The number of hydrogen-bond donors (Lipinski definition) is 0. The van der Waals surface area contributed by atoms with Crippen molar-refractivity contribution >= 4 is 36.2 Å². The summed E-state index contributed by atoms with van der Waals surface area (Å²) in [6, 6.07) is 17.6. The predicted molar refractivity (Wildman–Crippen MR) is 137 cm³/mol. The molecule has 2 aromatic rings. The third-order valence-electron chi connectivity index (χ3n) is 6.57. The van der Waals surface area contributed by atoms with Crippen LogP contribution in [-0.4, -0.2) is 25.8 Å². The Morgan fingerprint density at radius 1 is 0.968 bits per heavy atom. The van der Waals surface area contributed by atoms with Gasteiger partial charge < -0.3 is 0 Å². The second kappa shape index (κ2) is 8.49. The van der Waals surface area contributed by atoms with Crippen molar-refractivity contribution in [2.45, 2.75) is 44.9 Å². The zero-order valence-corrected chi connectivity index (χ0v) is 21.4. The van der Waals surface area contributed by atoms with E-state index in [-0.39, 0.29) is 10.8 Å². The van der Waals surface area contributed by atoms with Gasteiger partial charge in [0, 0.05) is 22.1 Å². The Kier molecular flexibility index (Phi) is 6.23. The lowest BCUT2D eigenvalue weighted by Gasteiger charge is -2.36. The molecule has 2 aliphatic rings. The van der Waals surface area contributed by atoms with Crippen LogP contribution in [0.3, 0.4) is 0 Å². The minimum Gasteiger partial charge on any atom is -0.207 e. The molecule has 5 heteroatoms. The van der Waals surface area contributed by atoms with E-state index in [0.29, 0.717) is 18.0 Å². The zero-order valence-electron chi connectivity index (χ0n) is 18.4. The average molecular weight is 548 g/mol. The summed E-state index contributed by atoms with van der Waals surface area (Å²) in [5.74, 6) is 0. The first-order chi connectivity index (χ1) is 14.6. The monoisotopic (exact) mass is 547 g/mol. The Hall–Kier alpha value is -1.44. The van der Waals surface area contributed by atoms with Gasteiger partial charge >= 0.3 is 0 Å². The summed E-state index contributed by atoms with van der Waals surface area (Å²) in [6.45, 7) is 7.56. The standard InChI is InChI=1S/C26H30INO2S/c1-20-11-13-22(14-12-20)31(29,30)28-17-23(24(27)21-9-5-4-6-10-21)26(19-28)16-8-7-15-25(2,3)18-26/h4-14H,15-19H2,1-3H3/b24-23+. The molecule has 3 nitrogen and oxygen atoms in total. The number of rotatable bonds is 3. The van der Waals surface area contributed by atoms with Crippen molar-refractivity contribution in [1.29, 1.82) is 0 Å². The number of halogens is 1. The van der Waals surface area contributed by atoms with Gasteiger partial charge in [0.2, 0.25) is 10.0 Å². The molecule has 1 aliphatic heterocycles. The molecular weight excluding hydrogens is 517 g/mol. The first-order valence-electron chi connectivity index (χ1n) is 10.8. The van der Waals surface area contributed by atoms with Crippen LogP contribution >= 0.6 is 22.6 Å². The molecule has 4 rings (SSSR count). The molecule has 1 saturated heterocycles. The van der Waals surface area contributed by atoms with E-state index in [1.54, 1.807) is 16.4 Å². The smallest absolute Gasteiger partial charge is 0.207 e. The van der Waals surface area contributed by atoms with Crippen molar-refractivity contribution in [3.63, 3.8) is 0 Å². The highest BCUT2D eigenvalue weighted by Crippen LogP contribution is 2.54. The van der Waals surface area contributed by atoms with E-state index in [9.17, 15) is 8.42 Å². The van der Waals surface area contributed by atoms with Crippen molar-refractivity contribution in [3.05, 3.63) is 83.4 Å². The molecule has 0 aromatic heterocycles. The lowest BCUT2D eigenvalue weighted by Crippen LogP contribution is -2.34. The van der Waals surface area contributed by atoms with Crippen LogP contribution in [0.2, 0.25) is 0 Å². The number of hydrogen-bond acceptors (Lipinski definition) is 2. The topological polar surface area (TPSA) is 37.4 Å². The van der Waals surface area contributed by atoms with Gasteiger partial charge in [0.05, 0.1) is 4.90 Å². The molecule has 164 valence electrons. The molecule has 31 heavy (non-hydrogen) atoms. The number of benzene rings is 2. The van der Waals surface area contributed by atoms with E-state index in [1.165, 1.54) is 9.15 Å². The van der Waals surface area contributed by atoms with E-state index < -0.39 is 10.0 Å². The number of aryl methyl sites for hydroxylation is 1. The van der Waals surface area contributed by atoms with Gasteiger partial charge in [-0.15, -0.1) is 0 Å². The predicted octanol–water partition coefficient (Wildman–Crippen LogP) is 6.60. The molecule has 2 aromatic carbocycles. The molecule has 0 saturated carbocycles. The van der Waals surface area contributed by atoms with Gasteiger partial charge in [0.25, 0.3) is 0 Å². The third-order valence-corrected chi connectivity index (χ3v) is 9.65. The number of allylic oxidation sites excluding steroid dienone is 2. The molecule has 1 atom stereocenters. The van der Waals surface area contributed by atoms with Crippen LogP contribution in [0, 0.1) is 17.8 Å². The minimum absolute atomic E-state index is 0.121. The van der Waals surface area contributed by atoms with Gasteiger partial charge in [0.15, 0.2) is 0 Å². The maximum atomic E-state index is 13.6. The Bertz CT molecular complexity index is 1120. The van der Waals surface area contributed by atoms with Crippen LogP contribution in [-0.2, 0) is 10.0 Å². The summed E-state index contributed by atoms with van der Waals surface area (Å²) in [4.78, 5) is 0.382. The zero-order chi connectivity index (χ0) is 22.3. The number of nitrogens with zero attached hydrogens (tertiary/aromatic N) is 1. The maximum Gasteiger partial charge on any atom is 0.243 e. The lowest BCUT2D eigenvalue weighted by atomic mass is 9.68. The summed E-state index contributed by atoms with van der Waals surface area (Å²) < 4.78 is 30.1. The Balaban J connectivity index is 1.82. The molecule has 0 radical (unpaired) electrons. The fraction of sp³-hybridized carbons (Fsp3) is 0.385. The quantitative estimate of drug-likeness (QED) is 0.321. The van der Waals surface area contributed by atoms with E-state index in [2.05, 4.69) is 60.7 Å². The van der Waals surface area contributed by atoms with Crippen LogP contribution in [0.4, 0.5) is 0 Å². The summed E-state index contributed by atoms with van der Waals surface area (Å²) in [7, 11) is -3.56. The maximum absolute atomic E-state index is 13.6. The van der Waals surface area contributed by atoms with Crippen molar-refractivity contribution in [1.82, 2.24) is 4.31 Å². The first-order valence-corrected chi connectivity index (χ1v) is 13.3. The molecule has 0 amide bonds. The summed E-state index contributed by atoms with van der Waals surface area (Å²) in [6.07, 6.45) is 7.42. The van der Waals surface area contributed by atoms with Crippen LogP contribution in [0.5, 0.6) is 0 Å². The second-order valence-corrected chi connectivity index (χ2v) is 12.8. The van der Waals surface area contributed by atoms with Crippen LogP contribution in [0.15, 0.2) is 77.2 Å². The SMILES string of the molecule is Cc1ccc(S(=O)(=O)N2C/C(=C(\I)c3ccccc3)C3(CC=CCC(C)(C)C3)C2)cc1. The summed E-state index contributed by atoms with van der Waals surface area (Å²) >= 11 is 2.44.